The monoisotopic (exact) mass is 226 g/mol. The van der Waals surface area contributed by atoms with Gasteiger partial charge in [-0.2, -0.15) is 0 Å². The van der Waals surface area contributed by atoms with Crippen molar-refractivity contribution in [1.82, 2.24) is 0 Å². The molecular formula is C11H8ClFO2. The lowest BCUT2D eigenvalue weighted by Gasteiger charge is -1.94. The lowest BCUT2D eigenvalue weighted by Crippen LogP contribution is -1.97. The molecule has 1 aromatic carbocycles. The van der Waals surface area contributed by atoms with Gasteiger partial charge in [0.05, 0.1) is 12.1 Å². The highest BCUT2D eigenvalue weighted by atomic mass is 35.5. The molecule has 4 heteroatoms. The molecule has 0 saturated carbocycles. The number of halogens is 2. The summed E-state index contributed by atoms with van der Waals surface area (Å²) in [6.07, 6.45) is 0.00545. The van der Waals surface area contributed by atoms with Crippen molar-refractivity contribution in [3.05, 3.63) is 34.6 Å². The number of hydrogen-bond donors (Lipinski definition) is 0. The van der Waals surface area contributed by atoms with E-state index in [1.165, 1.54) is 25.3 Å². The number of esters is 1. The second kappa shape index (κ2) is 5.38. The fraction of sp³-hybridized carbons (Fsp3) is 0.182. The zero-order valence-corrected chi connectivity index (χ0v) is 8.77. The van der Waals surface area contributed by atoms with E-state index in [1.54, 1.807) is 0 Å². The van der Waals surface area contributed by atoms with Crippen LogP contribution in [-0.2, 0) is 9.53 Å². The Hall–Kier alpha value is -1.53. The molecule has 0 unspecified atom stereocenters. The van der Waals surface area contributed by atoms with Crippen LogP contribution in [0, 0.1) is 17.7 Å². The summed E-state index contributed by atoms with van der Waals surface area (Å²) in [5.74, 6) is 4.37. The normalized spacial score (nSPS) is 9.00. The molecule has 15 heavy (non-hydrogen) atoms. The molecule has 0 amide bonds. The molecule has 1 rings (SSSR count). The summed E-state index contributed by atoms with van der Waals surface area (Å²) in [5.41, 5.74) is 0.560. The van der Waals surface area contributed by atoms with E-state index in [2.05, 4.69) is 16.6 Å². The molecule has 0 atom stereocenters. The molecule has 0 aromatic heterocycles. The van der Waals surface area contributed by atoms with Gasteiger partial charge in [-0.05, 0) is 18.2 Å². The molecule has 0 fully saturated rings. The summed E-state index contributed by atoms with van der Waals surface area (Å²) >= 11 is 5.55. The van der Waals surface area contributed by atoms with Crippen LogP contribution in [0.3, 0.4) is 0 Å². The number of carbonyl (C=O) groups is 1. The third kappa shape index (κ3) is 3.61. The van der Waals surface area contributed by atoms with Crippen LogP contribution in [0.2, 0.25) is 5.02 Å². The molecule has 0 spiro atoms. The molecule has 0 aliphatic heterocycles. The molecule has 0 aliphatic carbocycles. The fourth-order valence-electron chi connectivity index (χ4n) is 0.864. The van der Waals surface area contributed by atoms with Crippen molar-refractivity contribution < 1.29 is 13.9 Å². The minimum Gasteiger partial charge on any atom is -0.468 e. The first-order valence-corrected chi connectivity index (χ1v) is 4.52. The van der Waals surface area contributed by atoms with E-state index < -0.39 is 11.8 Å². The second-order valence-electron chi connectivity index (χ2n) is 2.68. The predicted octanol–water partition coefficient (Wildman–Crippen LogP) is 2.39. The van der Waals surface area contributed by atoms with Crippen molar-refractivity contribution in [3.63, 3.8) is 0 Å². The van der Waals surface area contributed by atoms with E-state index in [0.717, 1.165) is 0 Å². The highest BCUT2D eigenvalue weighted by molar-refractivity contribution is 6.30. The molecule has 2 nitrogen and oxygen atoms in total. The summed E-state index contributed by atoms with van der Waals surface area (Å²) < 4.78 is 17.2. The van der Waals surface area contributed by atoms with Gasteiger partial charge in [0.15, 0.2) is 0 Å². The molecule has 0 aliphatic rings. The lowest BCUT2D eigenvalue weighted by molar-refractivity contribution is -0.139. The van der Waals surface area contributed by atoms with Gasteiger partial charge in [0, 0.05) is 5.56 Å². The highest BCUT2D eigenvalue weighted by Crippen LogP contribution is 2.15. The van der Waals surface area contributed by atoms with Gasteiger partial charge < -0.3 is 4.74 Å². The highest BCUT2D eigenvalue weighted by Gasteiger charge is 1.98. The summed E-state index contributed by atoms with van der Waals surface area (Å²) in [4.78, 5) is 10.7. The van der Waals surface area contributed by atoms with E-state index in [1.807, 2.05) is 0 Å². The van der Waals surface area contributed by atoms with Gasteiger partial charge in [-0.15, -0.1) is 0 Å². The number of ether oxygens (including phenoxy) is 1. The summed E-state index contributed by atoms with van der Waals surface area (Å²) in [6.45, 7) is 0. The number of benzene rings is 1. The molecule has 0 radical (unpaired) electrons. The van der Waals surface area contributed by atoms with Crippen molar-refractivity contribution >= 4 is 17.6 Å². The first-order valence-electron chi connectivity index (χ1n) is 4.14. The largest absolute Gasteiger partial charge is 0.468 e. The maximum Gasteiger partial charge on any atom is 0.317 e. The molecule has 0 saturated heterocycles. The van der Waals surface area contributed by atoms with Gasteiger partial charge in [0.1, 0.15) is 12.2 Å². The first-order chi connectivity index (χ1) is 7.13. The summed E-state index contributed by atoms with van der Waals surface area (Å²) in [7, 11) is 1.29. The Labute approximate surface area is 92.0 Å². The number of carbonyl (C=O) groups excluding carboxylic acids is 1. The summed E-state index contributed by atoms with van der Waals surface area (Å²) in [6, 6.07) is 4.12. The van der Waals surface area contributed by atoms with E-state index in [0.29, 0.717) is 5.56 Å². The third-order valence-electron chi connectivity index (χ3n) is 1.61. The molecule has 1 aromatic rings. The van der Waals surface area contributed by atoms with Crippen LogP contribution in [0.1, 0.15) is 12.0 Å². The average Bonchev–Trinajstić information content (AvgIpc) is 2.23. The minimum absolute atomic E-state index is 0.00545. The van der Waals surface area contributed by atoms with Crippen LogP contribution in [0.4, 0.5) is 4.39 Å². The number of rotatable bonds is 1. The van der Waals surface area contributed by atoms with Crippen LogP contribution in [0.5, 0.6) is 0 Å². The molecule has 0 N–H and O–H groups in total. The van der Waals surface area contributed by atoms with E-state index >= 15 is 0 Å². The maximum atomic E-state index is 12.7. The van der Waals surface area contributed by atoms with Crippen molar-refractivity contribution in [3.8, 4) is 11.8 Å². The Kier molecular flexibility index (Phi) is 4.14. The van der Waals surface area contributed by atoms with Crippen LogP contribution in [0.25, 0.3) is 0 Å². The van der Waals surface area contributed by atoms with Crippen molar-refractivity contribution in [2.75, 3.05) is 7.11 Å². The van der Waals surface area contributed by atoms with Crippen molar-refractivity contribution in [2.24, 2.45) is 0 Å². The Morgan fingerprint density at radius 1 is 1.60 bits per heavy atom. The average molecular weight is 227 g/mol. The Bertz CT molecular complexity index is 432. The van der Waals surface area contributed by atoms with Crippen LogP contribution < -0.4 is 0 Å². The van der Waals surface area contributed by atoms with Crippen LogP contribution >= 0.6 is 11.6 Å². The number of methoxy groups -OCH3 is 1. The smallest absolute Gasteiger partial charge is 0.317 e. The van der Waals surface area contributed by atoms with E-state index in [4.69, 9.17) is 11.6 Å². The topological polar surface area (TPSA) is 26.3 Å². The quantitative estimate of drug-likeness (QED) is 0.543. The van der Waals surface area contributed by atoms with Gasteiger partial charge in [0.2, 0.25) is 0 Å². The Balaban J connectivity index is 2.72. The standard InChI is InChI=1S/C11H8ClFO2/c1-15-11(14)4-2-3-8-5-6-10(13)9(12)7-8/h5-7H,4H2,1H3. The first kappa shape index (κ1) is 11.5. The minimum atomic E-state index is -0.491. The second-order valence-corrected chi connectivity index (χ2v) is 3.09. The Morgan fingerprint density at radius 2 is 2.33 bits per heavy atom. The maximum absolute atomic E-state index is 12.7. The van der Waals surface area contributed by atoms with Gasteiger partial charge in [-0.1, -0.05) is 23.4 Å². The lowest BCUT2D eigenvalue weighted by atomic mass is 10.2. The molecular weight excluding hydrogens is 219 g/mol. The predicted molar refractivity (Wildman–Crippen MR) is 54.9 cm³/mol. The molecule has 0 heterocycles. The van der Waals surface area contributed by atoms with Crippen molar-refractivity contribution in [2.45, 2.75) is 6.42 Å². The van der Waals surface area contributed by atoms with Gasteiger partial charge >= 0.3 is 5.97 Å². The van der Waals surface area contributed by atoms with Crippen LogP contribution in [-0.4, -0.2) is 13.1 Å². The van der Waals surface area contributed by atoms with E-state index in [-0.39, 0.29) is 11.4 Å². The third-order valence-corrected chi connectivity index (χ3v) is 1.90. The fourth-order valence-corrected chi connectivity index (χ4v) is 1.05. The van der Waals surface area contributed by atoms with Gasteiger partial charge in [-0.3, -0.25) is 4.79 Å². The Morgan fingerprint density at radius 3 is 2.93 bits per heavy atom. The zero-order chi connectivity index (χ0) is 11.3. The van der Waals surface area contributed by atoms with Crippen LogP contribution in [0.15, 0.2) is 18.2 Å². The summed E-state index contributed by atoms with van der Waals surface area (Å²) in [5, 5.41) is 0.0138. The van der Waals surface area contributed by atoms with Gasteiger partial charge in [-0.25, -0.2) is 4.39 Å². The van der Waals surface area contributed by atoms with E-state index in [9.17, 15) is 9.18 Å². The SMILES string of the molecule is COC(=O)CC#Cc1ccc(F)c(Cl)c1. The molecule has 78 valence electrons. The van der Waals surface area contributed by atoms with Crippen molar-refractivity contribution in [1.29, 1.82) is 0 Å². The molecule has 0 bridgehead atoms. The van der Waals surface area contributed by atoms with Gasteiger partial charge in [0.25, 0.3) is 0 Å². The number of hydrogen-bond acceptors (Lipinski definition) is 2. The zero-order valence-electron chi connectivity index (χ0n) is 8.01.